The number of hydrogen-bond donors (Lipinski definition) is 0. The maximum absolute atomic E-state index is 12.3. The quantitative estimate of drug-likeness (QED) is 0.435. The van der Waals surface area contributed by atoms with E-state index in [1.807, 2.05) is 36.4 Å². The number of aromatic nitrogens is 1. The first-order chi connectivity index (χ1) is 15.7. The number of aldehydes is 1. The van der Waals surface area contributed by atoms with Crippen LogP contribution in [0.2, 0.25) is 0 Å². The van der Waals surface area contributed by atoms with Crippen molar-refractivity contribution in [3.63, 3.8) is 0 Å². The third kappa shape index (κ3) is 3.04. The lowest BCUT2D eigenvalue weighted by atomic mass is 9.91. The van der Waals surface area contributed by atoms with Crippen molar-refractivity contribution in [3.05, 3.63) is 77.5 Å². The van der Waals surface area contributed by atoms with Crippen molar-refractivity contribution in [2.45, 2.75) is 19.1 Å². The molecule has 32 heavy (non-hydrogen) atoms. The Bertz CT molecular complexity index is 1320. The van der Waals surface area contributed by atoms with E-state index in [-0.39, 0.29) is 12.1 Å². The number of ether oxygens (including phenoxy) is 2. The SMILES string of the molecule is Cc1cc2cccc3c2n1C(CN1CCOCC1)[C@@H](c1ccc2ccccc2c1C=O)O3. The minimum atomic E-state index is -0.258. The zero-order valence-corrected chi connectivity index (χ0v) is 18.2. The number of carbonyl (C=O) groups excluding carboxylic acids is 1. The van der Waals surface area contributed by atoms with Gasteiger partial charge in [0.2, 0.25) is 0 Å². The summed E-state index contributed by atoms with van der Waals surface area (Å²) < 4.78 is 14.7. The second-order valence-corrected chi connectivity index (χ2v) is 8.78. The van der Waals surface area contributed by atoms with Gasteiger partial charge in [-0.05, 0) is 29.8 Å². The van der Waals surface area contributed by atoms with E-state index in [1.165, 1.54) is 11.1 Å². The van der Waals surface area contributed by atoms with E-state index in [0.717, 1.165) is 72.3 Å². The zero-order chi connectivity index (χ0) is 21.7. The van der Waals surface area contributed by atoms with E-state index in [4.69, 9.17) is 9.47 Å². The van der Waals surface area contributed by atoms with Gasteiger partial charge in [0.25, 0.3) is 0 Å². The highest BCUT2D eigenvalue weighted by Gasteiger charge is 2.37. The van der Waals surface area contributed by atoms with Gasteiger partial charge in [-0.15, -0.1) is 0 Å². The first-order valence-corrected chi connectivity index (χ1v) is 11.3. The van der Waals surface area contributed by atoms with Crippen LogP contribution in [0.5, 0.6) is 5.75 Å². The molecule has 1 saturated heterocycles. The van der Waals surface area contributed by atoms with E-state index in [9.17, 15) is 4.79 Å². The molecule has 3 heterocycles. The molecular formula is C27H26N2O3. The maximum Gasteiger partial charge on any atom is 0.151 e. The molecule has 0 bridgehead atoms. The molecule has 0 saturated carbocycles. The standard InChI is InChI=1S/C27H26N2O3/c1-18-15-20-6-4-8-25-26(20)29(18)24(16-28-11-13-31-14-12-28)27(32-25)22-10-9-19-5-2-3-7-21(19)23(22)17-30/h2-10,15,17,24,27H,11-14,16H2,1H3/t24?,27-/m1/s1. The van der Waals surface area contributed by atoms with Crippen molar-refractivity contribution in [2.75, 3.05) is 32.8 Å². The number of carbonyl (C=O) groups is 1. The van der Waals surface area contributed by atoms with Crippen molar-refractivity contribution in [3.8, 4) is 5.75 Å². The Morgan fingerprint density at radius 3 is 2.66 bits per heavy atom. The average Bonchev–Trinajstić information content (AvgIpc) is 3.18. The van der Waals surface area contributed by atoms with E-state index in [2.05, 4.69) is 40.7 Å². The molecular weight excluding hydrogens is 400 g/mol. The number of para-hydroxylation sites is 1. The van der Waals surface area contributed by atoms with E-state index >= 15 is 0 Å². The number of rotatable bonds is 4. The lowest BCUT2D eigenvalue weighted by molar-refractivity contribution is 0.0164. The number of morpholine rings is 1. The number of benzene rings is 3. The lowest BCUT2D eigenvalue weighted by Crippen LogP contribution is -2.43. The fraction of sp³-hybridized carbons (Fsp3) is 0.296. The van der Waals surface area contributed by atoms with Crippen LogP contribution >= 0.6 is 0 Å². The van der Waals surface area contributed by atoms with Gasteiger partial charge in [-0.25, -0.2) is 0 Å². The van der Waals surface area contributed by atoms with Gasteiger partial charge >= 0.3 is 0 Å². The average molecular weight is 427 g/mol. The van der Waals surface area contributed by atoms with Crippen LogP contribution in [-0.2, 0) is 4.74 Å². The van der Waals surface area contributed by atoms with E-state index < -0.39 is 0 Å². The van der Waals surface area contributed by atoms with E-state index in [0.29, 0.717) is 0 Å². The van der Waals surface area contributed by atoms with Crippen molar-refractivity contribution >= 4 is 28.0 Å². The van der Waals surface area contributed by atoms with Gasteiger partial charge in [-0.2, -0.15) is 0 Å². The summed E-state index contributed by atoms with van der Waals surface area (Å²) >= 11 is 0. The summed E-state index contributed by atoms with van der Waals surface area (Å²) in [6.45, 7) is 6.34. The highest BCUT2D eigenvalue weighted by atomic mass is 16.5. The Morgan fingerprint density at radius 2 is 1.81 bits per heavy atom. The van der Waals surface area contributed by atoms with Crippen LogP contribution in [0.3, 0.4) is 0 Å². The van der Waals surface area contributed by atoms with E-state index in [1.54, 1.807) is 0 Å². The predicted molar refractivity (Wildman–Crippen MR) is 126 cm³/mol. The Labute approximate surface area is 187 Å². The predicted octanol–water partition coefficient (Wildman–Crippen LogP) is 4.92. The molecule has 0 radical (unpaired) electrons. The number of fused-ring (bicyclic) bond motifs is 1. The van der Waals surface area contributed by atoms with Gasteiger partial charge in [0, 0.05) is 41.8 Å². The summed E-state index contributed by atoms with van der Waals surface area (Å²) in [4.78, 5) is 14.8. The van der Waals surface area contributed by atoms with Crippen molar-refractivity contribution in [1.82, 2.24) is 9.47 Å². The monoisotopic (exact) mass is 426 g/mol. The summed E-state index contributed by atoms with van der Waals surface area (Å²) in [6, 6.07) is 20.8. The molecule has 6 rings (SSSR count). The van der Waals surface area contributed by atoms with Gasteiger partial charge in [-0.3, -0.25) is 9.69 Å². The molecule has 0 aliphatic carbocycles. The minimum Gasteiger partial charge on any atom is -0.481 e. The maximum atomic E-state index is 12.3. The normalized spacial score (nSPS) is 21.0. The highest BCUT2D eigenvalue weighted by molar-refractivity contribution is 6.00. The molecule has 0 amide bonds. The molecule has 2 aliphatic heterocycles. The number of aryl methyl sites for hydroxylation is 1. The Hall–Kier alpha value is -3.15. The van der Waals surface area contributed by atoms with Crippen LogP contribution in [0, 0.1) is 6.92 Å². The number of hydrogen-bond acceptors (Lipinski definition) is 4. The van der Waals surface area contributed by atoms with Crippen LogP contribution in [0.1, 0.15) is 33.8 Å². The second-order valence-electron chi connectivity index (χ2n) is 8.78. The second kappa shape index (κ2) is 7.76. The van der Waals surface area contributed by atoms with Crippen molar-refractivity contribution in [2.24, 2.45) is 0 Å². The molecule has 1 aromatic heterocycles. The summed E-state index contributed by atoms with van der Waals surface area (Å²) in [5.74, 6) is 0.879. The smallest absolute Gasteiger partial charge is 0.151 e. The van der Waals surface area contributed by atoms with Gasteiger partial charge in [0.1, 0.15) is 11.9 Å². The number of nitrogens with zero attached hydrogens (tertiary/aromatic N) is 2. The van der Waals surface area contributed by atoms with Crippen LogP contribution in [0.25, 0.3) is 21.7 Å². The minimum absolute atomic E-state index is 0.0559. The van der Waals surface area contributed by atoms with Gasteiger partial charge in [0.05, 0.1) is 24.8 Å². The van der Waals surface area contributed by atoms with Gasteiger partial charge in [0.15, 0.2) is 6.29 Å². The summed E-state index contributed by atoms with van der Waals surface area (Å²) in [5, 5.41) is 3.24. The highest BCUT2D eigenvalue weighted by Crippen LogP contribution is 2.45. The Morgan fingerprint density at radius 1 is 1.00 bits per heavy atom. The summed E-state index contributed by atoms with van der Waals surface area (Å²) in [7, 11) is 0. The van der Waals surface area contributed by atoms with Crippen molar-refractivity contribution < 1.29 is 14.3 Å². The molecule has 162 valence electrons. The molecule has 2 atom stereocenters. The van der Waals surface area contributed by atoms with Gasteiger partial charge < -0.3 is 14.0 Å². The van der Waals surface area contributed by atoms with Crippen LogP contribution in [0.15, 0.2) is 60.7 Å². The third-order valence-electron chi connectivity index (χ3n) is 6.93. The summed E-state index contributed by atoms with van der Waals surface area (Å²) in [5.41, 5.74) is 4.04. The first-order valence-electron chi connectivity index (χ1n) is 11.3. The molecule has 2 aliphatic rings. The molecule has 0 spiro atoms. The topological polar surface area (TPSA) is 43.7 Å². The molecule has 1 unspecified atom stereocenters. The third-order valence-corrected chi connectivity index (χ3v) is 6.93. The fourth-order valence-corrected chi connectivity index (χ4v) is 5.45. The Balaban J connectivity index is 1.54. The molecule has 0 N–H and O–H groups in total. The van der Waals surface area contributed by atoms with Crippen LogP contribution in [0.4, 0.5) is 0 Å². The zero-order valence-electron chi connectivity index (χ0n) is 18.2. The van der Waals surface area contributed by atoms with Crippen LogP contribution < -0.4 is 4.74 Å². The van der Waals surface area contributed by atoms with Crippen molar-refractivity contribution in [1.29, 1.82) is 0 Å². The first kappa shape index (κ1) is 19.5. The lowest BCUT2D eigenvalue weighted by Gasteiger charge is -2.39. The molecule has 5 nitrogen and oxygen atoms in total. The van der Waals surface area contributed by atoms with Gasteiger partial charge in [-0.1, -0.05) is 48.5 Å². The molecule has 3 aromatic carbocycles. The molecule has 5 heteroatoms. The molecule has 4 aromatic rings. The molecule has 1 fully saturated rings. The summed E-state index contributed by atoms with van der Waals surface area (Å²) in [6.07, 6.45) is 0.734. The fourth-order valence-electron chi connectivity index (χ4n) is 5.45. The Kier molecular flexibility index (Phi) is 4.74. The van der Waals surface area contributed by atoms with Crippen LogP contribution in [-0.4, -0.2) is 48.6 Å². The largest absolute Gasteiger partial charge is 0.481 e.